The van der Waals surface area contributed by atoms with Crippen LogP contribution in [0.2, 0.25) is 0 Å². The quantitative estimate of drug-likeness (QED) is 0.849. The topological polar surface area (TPSA) is 91.7 Å². The average molecular weight is 319 g/mol. The van der Waals surface area contributed by atoms with Gasteiger partial charge in [0.25, 0.3) is 11.5 Å². The fraction of sp³-hybridized carbons (Fsp3) is 0.400. The van der Waals surface area contributed by atoms with Crippen LogP contribution < -0.4 is 15.7 Å². The van der Waals surface area contributed by atoms with E-state index >= 15 is 0 Å². The molecule has 8 nitrogen and oxygen atoms in total. The number of para-hydroxylation sites is 1. The summed E-state index contributed by atoms with van der Waals surface area (Å²) in [7, 11) is 0. The van der Waals surface area contributed by atoms with E-state index in [1.54, 1.807) is 31.2 Å². The lowest BCUT2D eigenvalue weighted by Gasteiger charge is -2.24. The van der Waals surface area contributed by atoms with E-state index in [1.807, 2.05) is 0 Å². The average Bonchev–Trinajstić information content (AvgIpc) is 2.58. The first-order chi connectivity index (χ1) is 11.2. The summed E-state index contributed by atoms with van der Waals surface area (Å²) in [5.41, 5.74) is 0.00262. The Morgan fingerprint density at radius 1 is 1.43 bits per heavy atom. The van der Waals surface area contributed by atoms with Gasteiger partial charge >= 0.3 is 0 Å². The molecule has 122 valence electrons. The molecule has 2 aromatic rings. The largest absolute Gasteiger partial charge is 0.409 e. The number of hydrogen-bond acceptors (Lipinski definition) is 6. The molecule has 1 unspecified atom stereocenters. The van der Waals surface area contributed by atoms with Gasteiger partial charge in [-0.1, -0.05) is 12.1 Å². The van der Waals surface area contributed by atoms with Crippen LogP contribution in [0.15, 0.2) is 29.1 Å². The zero-order chi connectivity index (χ0) is 16.2. The number of carbonyl (C=O) groups excluding carboxylic acids is 1. The first-order valence-corrected chi connectivity index (χ1v) is 7.36. The van der Waals surface area contributed by atoms with E-state index in [9.17, 15) is 9.59 Å². The maximum atomic E-state index is 12.5. The van der Waals surface area contributed by atoms with Gasteiger partial charge in [0, 0.05) is 0 Å². The minimum absolute atomic E-state index is 0.121. The molecule has 1 saturated heterocycles. The molecule has 0 aliphatic carbocycles. The first-order valence-electron chi connectivity index (χ1n) is 7.36. The standard InChI is InChI=1S/C15H17N3O5/c1-2-23-18-13(14(19)17-12-9-21-7-8-22-12)16-11-6-4-3-5-10(11)15(18)20/h3-6,12H,2,7-9H2,1H3,(H,17,19). The zero-order valence-electron chi connectivity index (χ0n) is 12.7. The summed E-state index contributed by atoms with van der Waals surface area (Å²) in [4.78, 5) is 34.5. The van der Waals surface area contributed by atoms with Crippen LogP contribution in [0.25, 0.3) is 10.9 Å². The van der Waals surface area contributed by atoms with Gasteiger partial charge in [-0.2, -0.15) is 0 Å². The summed E-state index contributed by atoms with van der Waals surface area (Å²) in [6.45, 7) is 3.08. The smallest absolute Gasteiger partial charge is 0.294 e. The Morgan fingerprint density at radius 2 is 2.26 bits per heavy atom. The molecule has 0 bridgehead atoms. The van der Waals surface area contributed by atoms with Crippen molar-refractivity contribution in [1.29, 1.82) is 0 Å². The van der Waals surface area contributed by atoms with Crippen molar-refractivity contribution in [3.63, 3.8) is 0 Å². The van der Waals surface area contributed by atoms with Gasteiger partial charge in [-0.05, 0) is 19.1 Å². The number of amides is 1. The highest BCUT2D eigenvalue weighted by Crippen LogP contribution is 2.08. The van der Waals surface area contributed by atoms with Gasteiger partial charge in [0.05, 0.1) is 30.7 Å². The minimum atomic E-state index is -0.574. The van der Waals surface area contributed by atoms with Crippen molar-refractivity contribution in [3.8, 4) is 0 Å². The predicted octanol–water partition coefficient (Wildman–Crippen LogP) is -0.0523. The molecule has 1 aromatic heterocycles. The molecule has 2 heterocycles. The predicted molar refractivity (Wildman–Crippen MR) is 81.1 cm³/mol. The van der Waals surface area contributed by atoms with Gasteiger partial charge in [-0.3, -0.25) is 9.59 Å². The number of fused-ring (bicyclic) bond motifs is 1. The Bertz CT molecular complexity index is 767. The third kappa shape index (κ3) is 3.17. The molecule has 1 amide bonds. The summed E-state index contributed by atoms with van der Waals surface area (Å²) in [6, 6.07) is 6.79. The van der Waals surface area contributed by atoms with Crippen molar-refractivity contribution in [2.24, 2.45) is 0 Å². The van der Waals surface area contributed by atoms with Gasteiger partial charge in [0.15, 0.2) is 6.23 Å². The van der Waals surface area contributed by atoms with Crippen LogP contribution in [0, 0.1) is 0 Å². The summed E-state index contributed by atoms with van der Waals surface area (Å²) >= 11 is 0. The van der Waals surface area contributed by atoms with Gasteiger partial charge in [0.2, 0.25) is 5.82 Å². The molecule has 1 aliphatic rings. The molecular weight excluding hydrogens is 302 g/mol. The molecule has 0 radical (unpaired) electrons. The van der Waals surface area contributed by atoms with Gasteiger partial charge in [-0.15, -0.1) is 4.73 Å². The Kier molecular flexibility index (Phi) is 4.54. The van der Waals surface area contributed by atoms with E-state index in [0.717, 1.165) is 4.73 Å². The van der Waals surface area contributed by atoms with Crippen LogP contribution >= 0.6 is 0 Å². The third-order valence-corrected chi connectivity index (χ3v) is 3.31. The van der Waals surface area contributed by atoms with Crippen LogP contribution in [0.4, 0.5) is 0 Å². The summed E-state index contributed by atoms with van der Waals surface area (Å²) in [5.74, 6) is -0.679. The Hall–Kier alpha value is -2.45. The zero-order valence-corrected chi connectivity index (χ0v) is 12.7. The molecule has 1 aromatic carbocycles. The maximum Gasteiger partial charge on any atom is 0.294 e. The van der Waals surface area contributed by atoms with Crippen molar-refractivity contribution < 1.29 is 19.1 Å². The second-order valence-electron chi connectivity index (χ2n) is 4.88. The minimum Gasteiger partial charge on any atom is -0.409 e. The Balaban J connectivity index is 1.98. The Morgan fingerprint density at radius 3 is 3.00 bits per heavy atom. The summed E-state index contributed by atoms with van der Waals surface area (Å²) < 4.78 is 11.5. The third-order valence-electron chi connectivity index (χ3n) is 3.31. The van der Waals surface area contributed by atoms with E-state index in [-0.39, 0.29) is 19.0 Å². The second kappa shape index (κ2) is 6.76. The number of ether oxygens (including phenoxy) is 2. The number of carbonyl (C=O) groups is 1. The molecule has 0 spiro atoms. The first kappa shape index (κ1) is 15.4. The highest BCUT2D eigenvalue weighted by Gasteiger charge is 2.23. The van der Waals surface area contributed by atoms with Crippen molar-refractivity contribution >= 4 is 16.8 Å². The highest BCUT2D eigenvalue weighted by molar-refractivity contribution is 5.93. The van der Waals surface area contributed by atoms with Crippen molar-refractivity contribution in [2.75, 3.05) is 26.4 Å². The summed E-state index contributed by atoms with van der Waals surface area (Å²) in [6.07, 6.45) is -0.574. The number of benzene rings is 1. The Labute approximate surface area is 131 Å². The van der Waals surface area contributed by atoms with Crippen LogP contribution in [-0.4, -0.2) is 48.3 Å². The number of rotatable bonds is 4. The van der Waals surface area contributed by atoms with E-state index < -0.39 is 17.7 Å². The number of nitrogens with one attached hydrogen (secondary N) is 1. The van der Waals surface area contributed by atoms with E-state index in [2.05, 4.69) is 10.3 Å². The summed E-state index contributed by atoms with van der Waals surface area (Å²) in [5, 5.41) is 3.02. The maximum absolute atomic E-state index is 12.5. The van der Waals surface area contributed by atoms with E-state index in [0.29, 0.717) is 24.1 Å². The van der Waals surface area contributed by atoms with Crippen molar-refractivity contribution in [2.45, 2.75) is 13.2 Å². The number of nitrogens with zero attached hydrogens (tertiary/aromatic N) is 2. The van der Waals surface area contributed by atoms with Crippen molar-refractivity contribution in [3.05, 3.63) is 40.4 Å². The molecule has 3 rings (SSSR count). The van der Waals surface area contributed by atoms with Crippen LogP contribution in [0.1, 0.15) is 17.5 Å². The molecule has 23 heavy (non-hydrogen) atoms. The lowest BCUT2D eigenvalue weighted by Crippen LogP contribution is -2.46. The molecule has 1 atom stereocenters. The van der Waals surface area contributed by atoms with E-state index in [1.165, 1.54) is 0 Å². The van der Waals surface area contributed by atoms with Gasteiger partial charge in [0.1, 0.15) is 6.61 Å². The second-order valence-corrected chi connectivity index (χ2v) is 4.88. The molecule has 8 heteroatoms. The lowest BCUT2D eigenvalue weighted by molar-refractivity contribution is -0.0971. The fourth-order valence-corrected chi connectivity index (χ4v) is 2.29. The van der Waals surface area contributed by atoms with Crippen LogP contribution in [0.3, 0.4) is 0 Å². The lowest BCUT2D eigenvalue weighted by atomic mass is 10.2. The van der Waals surface area contributed by atoms with Crippen molar-refractivity contribution in [1.82, 2.24) is 15.0 Å². The number of hydrogen-bond donors (Lipinski definition) is 1. The van der Waals surface area contributed by atoms with Gasteiger partial charge in [-0.25, -0.2) is 4.98 Å². The SMILES string of the molecule is CCOn1c(C(=O)NC2COCCO2)nc2ccccc2c1=O. The van der Waals surface area contributed by atoms with Crippen LogP contribution in [-0.2, 0) is 9.47 Å². The molecule has 0 saturated carbocycles. The molecule has 1 N–H and O–H groups in total. The fourth-order valence-electron chi connectivity index (χ4n) is 2.29. The van der Waals surface area contributed by atoms with E-state index in [4.69, 9.17) is 14.3 Å². The normalized spacial score (nSPS) is 17.9. The van der Waals surface area contributed by atoms with Gasteiger partial charge < -0.3 is 19.6 Å². The van der Waals surface area contributed by atoms with Crippen LogP contribution in [0.5, 0.6) is 0 Å². The number of aromatic nitrogens is 2. The molecular formula is C15H17N3O5. The molecule has 1 aliphatic heterocycles. The molecule has 1 fully saturated rings. The monoisotopic (exact) mass is 319 g/mol. The highest BCUT2D eigenvalue weighted by atomic mass is 16.7.